The minimum Gasteiger partial charge on any atom is -0.492 e. The molecule has 0 aliphatic rings. The third kappa shape index (κ3) is 5.48. The molecule has 0 unspecified atom stereocenters. The van der Waals surface area contributed by atoms with Gasteiger partial charge in [-0.1, -0.05) is 23.9 Å². The Morgan fingerprint density at radius 1 is 1.20 bits per heavy atom. The minimum atomic E-state index is -0.0566. The van der Waals surface area contributed by atoms with Gasteiger partial charge >= 0.3 is 0 Å². The quantitative estimate of drug-likeness (QED) is 0.523. The van der Waals surface area contributed by atoms with Gasteiger partial charge in [0, 0.05) is 30.0 Å². The van der Waals surface area contributed by atoms with Crippen LogP contribution in [-0.4, -0.2) is 63.9 Å². The smallest absolute Gasteiger partial charge is 0.253 e. The Hall–Kier alpha value is -2.65. The van der Waals surface area contributed by atoms with E-state index in [4.69, 9.17) is 4.74 Å². The van der Waals surface area contributed by atoms with E-state index in [1.165, 1.54) is 11.8 Å². The molecule has 2 heterocycles. The SMILES string of the molecule is CSc1nc2nc(C)c(CC(=O)NCc3ccc(OCCN(C)C)cc3)c(C)n2n1. The van der Waals surface area contributed by atoms with Crippen molar-refractivity contribution in [2.24, 2.45) is 0 Å². The Labute approximate surface area is 181 Å². The first-order valence-electron chi connectivity index (χ1n) is 9.77. The fourth-order valence-corrected chi connectivity index (χ4v) is 3.34. The van der Waals surface area contributed by atoms with Gasteiger partial charge in [0.05, 0.1) is 6.42 Å². The molecule has 0 aliphatic heterocycles. The average Bonchev–Trinajstić information content (AvgIpc) is 3.13. The molecule has 0 atom stereocenters. The molecule has 1 N–H and O–H groups in total. The van der Waals surface area contributed by atoms with Gasteiger partial charge in [0.25, 0.3) is 5.78 Å². The van der Waals surface area contributed by atoms with Gasteiger partial charge < -0.3 is 15.0 Å². The lowest BCUT2D eigenvalue weighted by Gasteiger charge is -2.12. The first kappa shape index (κ1) is 22.0. The van der Waals surface area contributed by atoms with Crippen LogP contribution in [0.4, 0.5) is 0 Å². The molecular formula is C21H28N6O2S. The van der Waals surface area contributed by atoms with E-state index in [9.17, 15) is 4.79 Å². The number of nitrogens with one attached hydrogen (secondary N) is 1. The number of aryl methyl sites for hydroxylation is 2. The van der Waals surface area contributed by atoms with Crippen LogP contribution in [0.25, 0.3) is 5.78 Å². The van der Waals surface area contributed by atoms with Gasteiger partial charge in [0.15, 0.2) is 0 Å². The molecule has 160 valence electrons. The van der Waals surface area contributed by atoms with Crippen molar-refractivity contribution in [2.75, 3.05) is 33.5 Å². The van der Waals surface area contributed by atoms with Crippen molar-refractivity contribution in [1.82, 2.24) is 29.8 Å². The van der Waals surface area contributed by atoms with Gasteiger partial charge in [0.2, 0.25) is 11.1 Å². The topological polar surface area (TPSA) is 84.6 Å². The number of carbonyl (C=O) groups is 1. The summed E-state index contributed by atoms with van der Waals surface area (Å²) in [7, 11) is 4.03. The maximum absolute atomic E-state index is 12.5. The number of hydrogen-bond donors (Lipinski definition) is 1. The Balaban J connectivity index is 1.58. The average molecular weight is 429 g/mol. The van der Waals surface area contributed by atoms with Crippen molar-refractivity contribution in [3.8, 4) is 5.75 Å². The first-order chi connectivity index (χ1) is 14.4. The van der Waals surface area contributed by atoms with Crippen LogP contribution in [0.15, 0.2) is 29.4 Å². The highest BCUT2D eigenvalue weighted by Crippen LogP contribution is 2.17. The highest BCUT2D eigenvalue weighted by atomic mass is 32.2. The fraction of sp³-hybridized carbons (Fsp3) is 0.429. The molecule has 0 bridgehead atoms. The zero-order valence-corrected chi connectivity index (χ0v) is 18.9. The van der Waals surface area contributed by atoms with Crippen LogP contribution in [0.2, 0.25) is 0 Å². The predicted octanol–water partition coefficient (Wildman–Crippen LogP) is 2.26. The number of ether oxygens (including phenoxy) is 1. The van der Waals surface area contributed by atoms with Crippen LogP contribution in [0.5, 0.6) is 5.75 Å². The number of aromatic nitrogens is 4. The molecule has 9 heteroatoms. The van der Waals surface area contributed by atoms with Crippen LogP contribution < -0.4 is 10.1 Å². The number of rotatable bonds is 9. The maximum atomic E-state index is 12.5. The first-order valence-corrected chi connectivity index (χ1v) is 11.0. The van der Waals surface area contributed by atoms with E-state index < -0.39 is 0 Å². The third-order valence-electron chi connectivity index (χ3n) is 4.77. The van der Waals surface area contributed by atoms with Gasteiger partial charge in [-0.15, -0.1) is 5.10 Å². The van der Waals surface area contributed by atoms with Crippen LogP contribution in [0, 0.1) is 13.8 Å². The van der Waals surface area contributed by atoms with Gasteiger partial charge in [-0.05, 0) is 51.9 Å². The van der Waals surface area contributed by atoms with E-state index in [1.54, 1.807) is 4.52 Å². The van der Waals surface area contributed by atoms with E-state index in [0.29, 0.717) is 24.1 Å². The highest BCUT2D eigenvalue weighted by molar-refractivity contribution is 7.98. The number of benzene rings is 1. The lowest BCUT2D eigenvalue weighted by Crippen LogP contribution is -2.25. The summed E-state index contributed by atoms with van der Waals surface area (Å²) < 4.78 is 7.40. The molecule has 3 rings (SSSR count). The zero-order chi connectivity index (χ0) is 21.7. The highest BCUT2D eigenvalue weighted by Gasteiger charge is 2.15. The molecule has 0 saturated carbocycles. The zero-order valence-electron chi connectivity index (χ0n) is 18.1. The molecule has 0 aliphatic carbocycles. The standard InChI is InChI=1S/C21H28N6O2S/c1-14-18(15(2)27-20(23-14)24-21(25-27)30-5)12-19(28)22-13-16-6-8-17(9-7-16)29-11-10-26(3)4/h6-9H,10-13H2,1-5H3,(H,22,28). The predicted molar refractivity (Wildman–Crippen MR) is 118 cm³/mol. The summed E-state index contributed by atoms with van der Waals surface area (Å²) >= 11 is 1.47. The van der Waals surface area contributed by atoms with Gasteiger partial charge in [-0.25, -0.2) is 9.50 Å². The van der Waals surface area contributed by atoms with Crippen molar-refractivity contribution >= 4 is 23.4 Å². The lowest BCUT2D eigenvalue weighted by molar-refractivity contribution is -0.120. The minimum absolute atomic E-state index is 0.0566. The molecule has 0 radical (unpaired) electrons. The largest absolute Gasteiger partial charge is 0.492 e. The van der Waals surface area contributed by atoms with Crippen molar-refractivity contribution in [3.05, 3.63) is 46.8 Å². The lowest BCUT2D eigenvalue weighted by atomic mass is 10.1. The number of fused-ring (bicyclic) bond motifs is 1. The Morgan fingerprint density at radius 2 is 1.93 bits per heavy atom. The van der Waals surface area contributed by atoms with E-state index in [0.717, 1.165) is 34.8 Å². The monoisotopic (exact) mass is 428 g/mol. The Kier molecular flexibility index (Phi) is 7.28. The van der Waals surface area contributed by atoms with Gasteiger partial charge in [-0.2, -0.15) is 4.98 Å². The second kappa shape index (κ2) is 9.90. The number of thioether (sulfide) groups is 1. The summed E-state index contributed by atoms with van der Waals surface area (Å²) in [5.41, 5.74) is 3.59. The number of nitrogens with zero attached hydrogens (tertiary/aromatic N) is 5. The Bertz CT molecular complexity index is 1020. The molecule has 0 saturated heterocycles. The van der Waals surface area contributed by atoms with E-state index in [1.807, 2.05) is 58.5 Å². The number of amides is 1. The van der Waals surface area contributed by atoms with Crippen LogP contribution in [0.3, 0.4) is 0 Å². The van der Waals surface area contributed by atoms with Crippen LogP contribution in [-0.2, 0) is 17.8 Å². The van der Waals surface area contributed by atoms with Crippen molar-refractivity contribution in [1.29, 1.82) is 0 Å². The summed E-state index contributed by atoms with van der Waals surface area (Å²) in [5, 5.41) is 8.08. The molecule has 1 aromatic carbocycles. The fourth-order valence-electron chi connectivity index (χ4n) is 3.01. The summed E-state index contributed by atoms with van der Waals surface area (Å²) in [4.78, 5) is 23.5. The van der Waals surface area contributed by atoms with Crippen LogP contribution >= 0.6 is 11.8 Å². The molecule has 8 nitrogen and oxygen atoms in total. The third-order valence-corrected chi connectivity index (χ3v) is 5.31. The van der Waals surface area contributed by atoms with Gasteiger partial charge in [0.1, 0.15) is 12.4 Å². The maximum Gasteiger partial charge on any atom is 0.253 e. The molecule has 30 heavy (non-hydrogen) atoms. The summed E-state index contributed by atoms with van der Waals surface area (Å²) in [6, 6.07) is 7.79. The number of carbonyl (C=O) groups excluding carboxylic acids is 1. The van der Waals surface area contributed by atoms with Crippen molar-refractivity contribution in [3.63, 3.8) is 0 Å². The summed E-state index contributed by atoms with van der Waals surface area (Å²) in [5.74, 6) is 1.33. The second-order valence-electron chi connectivity index (χ2n) is 7.32. The molecule has 0 fully saturated rings. The molecule has 2 aromatic heterocycles. The normalized spacial score (nSPS) is 11.3. The molecule has 1 amide bonds. The molecule has 0 spiro atoms. The number of likely N-dealkylation sites (N-methyl/N-ethyl adjacent to an activating group) is 1. The summed E-state index contributed by atoms with van der Waals surface area (Å²) in [6.45, 7) is 5.82. The van der Waals surface area contributed by atoms with Crippen LogP contribution in [0.1, 0.15) is 22.5 Å². The van der Waals surface area contributed by atoms with E-state index >= 15 is 0 Å². The Morgan fingerprint density at radius 3 is 2.60 bits per heavy atom. The van der Waals surface area contributed by atoms with Crippen molar-refractivity contribution < 1.29 is 9.53 Å². The second-order valence-corrected chi connectivity index (χ2v) is 8.09. The summed E-state index contributed by atoms with van der Waals surface area (Å²) in [6.07, 6.45) is 2.18. The van der Waals surface area contributed by atoms with Gasteiger partial charge in [-0.3, -0.25) is 4.79 Å². The molecule has 3 aromatic rings. The van der Waals surface area contributed by atoms with Crippen molar-refractivity contribution in [2.45, 2.75) is 32.0 Å². The van der Waals surface area contributed by atoms with E-state index in [-0.39, 0.29) is 12.3 Å². The molecular weight excluding hydrogens is 400 g/mol. The number of hydrogen-bond acceptors (Lipinski definition) is 7. The van der Waals surface area contributed by atoms with E-state index in [2.05, 4.69) is 25.3 Å².